The quantitative estimate of drug-likeness (QED) is 0.194. The molecule has 0 rings (SSSR count). The number of unbranched alkanes of at least 4 members (excludes halogenated alkanes) is 15. The van der Waals surface area contributed by atoms with Gasteiger partial charge in [-0.1, -0.05) is 110 Å². The first-order valence-corrected chi connectivity index (χ1v) is 12.5. The third-order valence-electron chi connectivity index (χ3n) is 5.44. The second-order valence-electron chi connectivity index (χ2n) is 7.81. The molecule has 0 amide bonds. The number of rotatable bonds is 19. The van der Waals surface area contributed by atoms with Crippen LogP contribution in [0.5, 0.6) is 0 Å². The summed E-state index contributed by atoms with van der Waals surface area (Å²) in [5.74, 6) is 0. The average molecular weight is 431 g/mol. The second kappa shape index (κ2) is 19.5. The van der Waals surface area contributed by atoms with Crippen molar-refractivity contribution < 1.29 is 69.5 Å². The third kappa shape index (κ3) is 16.9. The maximum atomic E-state index is 11.1. The van der Waals surface area contributed by atoms with E-state index >= 15 is 0 Å². The van der Waals surface area contributed by atoms with E-state index < -0.39 is 15.1 Å². The Bertz CT molecular complexity index is 414. The van der Waals surface area contributed by atoms with Crippen LogP contribution in [0.2, 0.25) is 0 Å². The summed E-state index contributed by atoms with van der Waals surface area (Å²) in [4.78, 5) is -2.07. The second-order valence-corrected chi connectivity index (χ2v) is 9.48. The van der Waals surface area contributed by atoms with Gasteiger partial charge in [0.05, 0.1) is 0 Å². The largest absolute Gasteiger partial charge is 1.00 e. The van der Waals surface area contributed by atoms with Gasteiger partial charge in [-0.2, -0.15) is 0 Å². The van der Waals surface area contributed by atoms with Gasteiger partial charge in [-0.05, 0) is 19.3 Å². The molecule has 0 aliphatic carbocycles. The molecule has 0 bridgehead atoms. The van der Waals surface area contributed by atoms with E-state index in [1.807, 2.05) is 0 Å². The molecule has 0 heterocycles. The molecule has 1 unspecified atom stereocenters. The van der Waals surface area contributed by atoms with E-state index in [1.54, 1.807) is 6.92 Å². The molecule has 4 nitrogen and oxygen atoms in total. The normalized spacial score (nSPS) is 13.9. The summed E-state index contributed by atoms with van der Waals surface area (Å²) < 4.78 is 33.2. The molecule has 158 valence electrons. The van der Waals surface area contributed by atoms with Crippen LogP contribution in [-0.4, -0.2) is 23.0 Å². The Labute approximate surface area is 211 Å². The van der Waals surface area contributed by atoms with E-state index in [-0.39, 0.29) is 64.2 Å². The number of hydrogen-bond acceptors (Lipinski definition) is 4. The van der Waals surface area contributed by atoms with E-state index in [1.165, 1.54) is 77.0 Å². The fourth-order valence-electron chi connectivity index (χ4n) is 3.43. The van der Waals surface area contributed by atoms with Gasteiger partial charge in [-0.25, -0.2) is 8.42 Å². The van der Waals surface area contributed by atoms with E-state index in [9.17, 15) is 18.1 Å². The Morgan fingerprint density at radius 3 is 1.22 bits per heavy atom. The Morgan fingerprint density at radius 2 is 0.963 bits per heavy atom. The van der Waals surface area contributed by atoms with Crippen LogP contribution in [0.15, 0.2) is 0 Å². The molecule has 0 radical (unpaired) electrons. The van der Waals surface area contributed by atoms with Crippen molar-refractivity contribution in [1.82, 2.24) is 0 Å². The Hall–Kier alpha value is 1.51. The Balaban J connectivity index is 0. The van der Waals surface area contributed by atoms with Gasteiger partial charge in [0.25, 0.3) is 0 Å². The molecule has 0 saturated heterocycles. The fourth-order valence-corrected chi connectivity index (χ4v) is 4.18. The summed E-state index contributed by atoms with van der Waals surface area (Å²) in [6.07, 6.45) is 20.0. The van der Waals surface area contributed by atoms with E-state index in [0.717, 1.165) is 19.3 Å². The molecule has 0 aromatic rings. The van der Waals surface area contributed by atoms with Crippen molar-refractivity contribution in [2.45, 2.75) is 134 Å². The molecule has 0 aliphatic rings. The molecule has 6 heteroatoms. The van der Waals surface area contributed by atoms with E-state index in [0.29, 0.717) is 6.42 Å². The molecule has 0 fully saturated rings. The maximum Gasteiger partial charge on any atom is 1.00 e. The molecular weight excluding hydrogens is 387 g/mol. The maximum absolute atomic E-state index is 11.1. The van der Waals surface area contributed by atoms with Crippen LogP contribution in [0, 0.1) is 0 Å². The van der Waals surface area contributed by atoms with Crippen molar-refractivity contribution in [1.29, 1.82) is 0 Å². The van der Waals surface area contributed by atoms with Gasteiger partial charge in [0.1, 0.15) is 10.1 Å². The average Bonchev–Trinajstić information content (AvgIpc) is 2.60. The molecule has 1 atom stereocenters. The van der Waals surface area contributed by atoms with E-state index in [4.69, 9.17) is 0 Å². The molecule has 1 N–H and O–H groups in total. The third-order valence-corrected chi connectivity index (χ3v) is 6.86. The summed E-state index contributed by atoms with van der Waals surface area (Å²) in [5, 5.41) is 9.87. The monoisotopic (exact) mass is 430 g/mol. The minimum absolute atomic E-state index is 0. The standard InChI is InChI=1S/C21H44O4S.K/c1-3-5-6-7-8-9-10-11-12-13-14-15-16-17-18-19-20-21(22,4-2)26(23,24)25;/h22H,3-20H2,1-2H3,(H,23,24,25);/q;+1/p-1. The first-order valence-electron chi connectivity index (χ1n) is 11.0. The summed E-state index contributed by atoms with van der Waals surface area (Å²) in [6.45, 7) is 3.80. The van der Waals surface area contributed by atoms with Gasteiger partial charge in [0.15, 0.2) is 4.93 Å². The topological polar surface area (TPSA) is 77.4 Å². The van der Waals surface area contributed by atoms with Crippen LogP contribution < -0.4 is 51.4 Å². The fraction of sp³-hybridized carbons (Fsp3) is 1.00. The van der Waals surface area contributed by atoms with Crippen LogP contribution in [0.3, 0.4) is 0 Å². The minimum Gasteiger partial charge on any atom is -0.746 e. The zero-order chi connectivity index (χ0) is 19.7. The predicted octanol–water partition coefficient (Wildman–Crippen LogP) is 3.29. The SMILES string of the molecule is CCCCCCCCCCCCCCCCCCC(O)(CC)S(=O)(=O)[O-].[K+]. The molecule has 0 aromatic heterocycles. The van der Waals surface area contributed by atoms with Crippen LogP contribution in [0.4, 0.5) is 0 Å². The minimum atomic E-state index is -4.63. The van der Waals surface area contributed by atoms with Gasteiger partial charge < -0.3 is 9.66 Å². The summed E-state index contributed by atoms with van der Waals surface area (Å²) in [7, 11) is -4.63. The predicted molar refractivity (Wildman–Crippen MR) is 109 cm³/mol. The van der Waals surface area contributed by atoms with E-state index in [2.05, 4.69) is 6.92 Å². The molecule has 0 spiro atoms. The van der Waals surface area contributed by atoms with Gasteiger partial charge >= 0.3 is 51.4 Å². The van der Waals surface area contributed by atoms with Gasteiger partial charge in [-0.15, -0.1) is 0 Å². The number of hydrogen-bond donors (Lipinski definition) is 1. The molecule has 0 aliphatic heterocycles. The van der Waals surface area contributed by atoms with Gasteiger partial charge in [0, 0.05) is 0 Å². The first-order chi connectivity index (χ1) is 12.4. The zero-order valence-corrected chi connectivity index (χ0v) is 22.2. The molecular formula is C21H43KO4S. The summed E-state index contributed by atoms with van der Waals surface area (Å²) in [5.41, 5.74) is 0. The first kappa shape index (κ1) is 30.7. The van der Waals surface area contributed by atoms with Crippen LogP contribution in [0.25, 0.3) is 0 Å². The molecule has 0 saturated carbocycles. The van der Waals surface area contributed by atoms with Crippen LogP contribution in [0.1, 0.15) is 129 Å². The zero-order valence-electron chi connectivity index (χ0n) is 18.3. The Kier molecular flexibility index (Phi) is 22.1. The van der Waals surface area contributed by atoms with Crippen molar-refractivity contribution in [3.8, 4) is 0 Å². The van der Waals surface area contributed by atoms with Crippen molar-refractivity contribution in [3.05, 3.63) is 0 Å². The van der Waals surface area contributed by atoms with Gasteiger partial charge in [0.2, 0.25) is 0 Å². The smallest absolute Gasteiger partial charge is 0.746 e. The molecule has 27 heavy (non-hydrogen) atoms. The van der Waals surface area contributed by atoms with Crippen LogP contribution >= 0.6 is 0 Å². The van der Waals surface area contributed by atoms with Crippen molar-refractivity contribution in [3.63, 3.8) is 0 Å². The van der Waals surface area contributed by atoms with Crippen molar-refractivity contribution in [2.75, 3.05) is 0 Å². The Morgan fingerprint density at radius 1 is 0.667 bits per heavy atom. The van der Waals surface area contributed by atoms with Crippen LogP contribution in [-0.2, 0) is 10.1 Å². The number of aliphatic hydroxyl groups is 1. The van der Waals surface area contributed by atoms with Crippen molar-refractivity contribution in [2.24, 2.45) is 0 Å². The van der Waals surface area contributed by atoms with Gasteiger partial charge in [-0.3, -0.25) is 0 Å². The summed E-state index contributed by atoms with van der Waals surface area (Å²) in [6, 6.07) is 0. The summed E-state index contributed by atoms with van der Waals surface area (Å²) >= 11 is 0. The van der Waals surface area contributed by atoms with Crippen molar-refractivity contribution >= 4 is 10.1 Å². The molecule has 0 aromatic carbocycles.